The van der Waals surface area contributed by atoms with E-state index < -0.39 is 0 Å². The van der Waals surface area contributed by atoms with Crippen molar-refractivity contribution in [3.8, 4) is 22.3 Å². The maximum absolute atomic E-state index is 7.41. The lowest BCUT2D eigenvalue weighted by Gasteiger charge is -2.44. The summed E-state index contributed by atoms with van der Waals surface area (Å²) in [6.45, 7) is 25.3. The fourth-order valence-corrected chi connectivity index (χ4v) is 12.7. The zero-order chi connectivity index (χ0) is 46.5. The number of anilines is 6. The number of fused-ring (bicyclic) bond motifs is 11. The molecular formula is C63H63BN2O. The number of hydrogen-bond donors (Lipinski definition) is 0. The zero-order valence-electron chi connectivity index (χ0n) is 41.4. The average Bonchev–Trinajstić information content (AvgIpc) is 4.01. The van der Waals surface area contributed by atoms with Crippen LogP contribution in [0.2, 0.25) is 0 Å². The Morgan fingerprint density at radius 1 is 0.522 bits per heavy atom. The highest BCUT2D eigenvalue weighted by molar-refractivity contribution is 7.00. The lowest BCUT2D eigenvalue weighted by atomic mass is 9.35. The molecule has 0 bridgehead atoms. The van der Waals surface area contributed by atoms with Gasteiger partial charge in [-0.3, -0.25) is 0 Å². The molecule has 2 aliphatic carbocycles. The summed E-state index contributed by atoms with van der Waals surface area (Å²) in [6.07, 6.45) is 4.91. The van der Waals surface area contributed by atoms with Gasteiger partial charge in [-0.2, -0.15) is 0 Å². The lowest BCUT2D eigenvalue weighted by molar-refractivity contribution is 0.550. The molecule has 67 heavy (non-hydrogen) atoms. The quantitative estimate of drug-likeness (QED) is 0.165. The maximum atomic E-state index is 7.41. The Morgan fingerprint density at radius 2 is 1.12 bits per heavy atom. The molecule has 1 spiro atoms. The Bertz CT molecular complexity index is 3320. The van der Waals surface area contributed by atoms with Gasteiger partial charge in [0.05, 0.1) is 17.0 Å². The van der Waals surface area contributed by atoms with Crippen LogP contribution >= 0.6 is 0 Å². The smallest absolute Gasteiger partial charge is 0.297 e. The number of nitrogens with zero attached hydrogens (tertiary/aromatic N) is 2. The Balaban J connectivity index is 1.24. The van der Waals surface area contributed by atoms with Crippen LogP contribution < -0.4 is 26.4 Å². The van der Waals surface area contributed by atoms with Crippen molar-refractivity contribution in [2.24, 2.45) is 0 Å². The van der Waals surface area contributed by atoms with E-state index in [4.69, 9.17) is 4.42 Å². The van der Waals surface area contributed by atoms with E-state index in [1.54, 1.807) is 0 Å². The predicted molar refractivity (Wildman–Crippen MR) is 286 cm³/mol. The molecule has 8 aromatic rings. The SMILES string of the molecule is Cc1cccc(C)c1-c1cc2c3c(c1)N(c1ccc(C(C)(C)C)cc1)c1c(oc4ccc(C(C)(C)C)cc14)B3c1ccc(C(C)(C)C)cc1N2c1cccc2c1-c1ccccc1C21CCCC1. The molecule has 3 nitrogen and oxygen atoms in total. The standard InChI is InChI=1S/C63H63BN2O/c1-38-18-16-19-39(2)55(38)40-34-52-57-53(35-40)66(50-23-17-22-48-56(50)45-20-12-13-21-47(45)63(48)32-14-15-33-63)51-37-43(62(9,10)11)26-30-49(51)64(57)59-58(46-36-42(61(6,7)8)27-31-54(46)67-59)65(52)44-28-24-41(25-29-44)60(3,4)5/h12-13,16-31,34-37H,14-15,32-33H2,1-11H3. The van der Waals surface area contributed by atoms with Gasteiger partial charge in [-0.15, -0.1) is 0 Å². The minimum absolute atomic E-state index is 0.0177. The summed E-state index contributed by atoms with van der Waals surface area (Å²) in [5.74, 6) is 0. The minimum Gasteiger partial charge on any atom is -0.468 e. The largest absolute Gasteiger partial charge is 0.468 e. The Morgan fingerprint density at radius 3 is 1.81 bits per heavy atom. The van der Waals surface area contributed by atoms with Crippen molar-refractivity contribution in [1.29, 1.82) is 0 Å². The van der Waals surface area contributed by atoms with Crippen molar-refractivity contribution < 1.29 is 4.42 Å². The lowest BCUT2D eigenvalue weighted by Crippen LogP contribution is -2.61. The first-order valence-electron chi connectivity index (χ1n) is 24.8. The van der Waals surface area contributed by atoms with Crippen LogP contribution in [0.3, 0.4) is 0 Å². The maximum Gasteiger partial charge on any atom is 0.297 e. The fourth-order valence-electron chi connectivity index (χ4n) is 12.7. The van der Waals surface area contributed by atoms with Gasteiger partial charge in [0.2, 0.25) is 0 Å². The van der Waals surface area contributed by atoms with E-state index in [0.717, 1.165) is 28.0 Å². The first-order valence-corrected chi connectivity index (χ1v) is 24.8. The topological polar surface area (TPSA) is 19.6 Å². The monoisotopic (exact) mass is 875 g/mol. The summed E-state index contributed by atoms with van der Waals surface area (Å²) >= 11 is 0. The number of benzene rings is 7. The van der Waals surface area contributed by atoms with Crippen LogP contribution in [-0.2, 0) is 21.7 Å². The number of hydrogen-bond acceptors (Lipinski definition) is 3. The minimum atomic E-state index is -0.145. The summed E-state index contributed by atoms with van der Waals surface area (Å²) in [5.41, 5.74) is 26.4. The van der Waals surface area contributed by atoms with E-state index in [1.165, 1.54) is 121 Å². The second kappa shape index (κ2) is 14.4. The zero-order valence-corrected chi connectivity index (χ0v) is 41.4. The summed E-state index contributed by atoms with van der Waals surface area (Å²) in [6, 6.07) is 52.0. The molecule has 1 fully saturated rings. The number of furan rings is 1. The molecule has 0 saturated heterocycles. The summed E-state index contributed by atoms with van der Waals surface area (Å²) in [5, 5.41) is 1.15. The van der Waals surface area contributed by atoms with Crippen LogP contribution in [0.4, 0.5) is 34.1 Å². The molecular weight excluding hydrogens is 812 g/mol. The van der Waals surface area contributed by atoms with Gasteiger partial charge in [-0.25, -0.2) is 0 Å². The van der Waals surface area contributed by atoms with Gasteiger partial charge in [0.25, 0.3) is 6.71 Å². The predicted octanol–water partition coefficient (Wildman–Crippen LogP) is 15.5. The molecule has 4 heteroatoms. The van der Waals surface area contributed by atoms with Crippen molar-refractivity contribution in [1.82, 2.24) is 0 Å². The van der Waals surface area contributed by atoms with Crippen molar-refractivity contribution in [3.05, 3.63) is 172 Å². The van der Waals surface area contributed by atoms with Crippen molar-refractivity contribution in [2.75, 3.05) is 9.80 Å². The van der Waals surface area contributed by atoms with Crippen LogP contribution in [0.15, 0.2) is 138 Å². The fraction of sp³-hybridized carbons (Fsp3) is 0.302. The molecule has 2 aliphatic heterocycles. The highest BCUT2D eigenvalue weighted by atomic mass is 16.3. The molecule has 0 radical (unpaired) electrons. The van der Waals surface area contributed by atoms with Gasteiger partial charge in [0.1, 0.15) is 5.58 Å². The van der Waals surface area contributed by atoms with E-state index >= 15 is 0 Å². The van der Waals surface area contributed by atoms with Crippen LogP contribution in [0.25, 0.3) is 33.2 Å². The second-order valence-electron chi connectivity index (χ2n) is 23.4. The summed E-state index contributed by atoms with van der Waals surface area (Å²) < 4.78 is 7.41. The molecule has 4 aliphatic rings. The number of aryl methyl sites for hydroxylation is 2. The third-order valence-corrected chi connectivity index (χ3v) is 16.1. The van der Waals surface area contributed by atoms with Crippen LogP contribution in [0, 0.1) is 13.8 Å². The normalized spacial score (nSPS) is 15.8. The molecule has 1 saturated carbocycles. The molecule has 0 atom stereocenters. The van der Waals surface area contributed by atoms with Crippen molar-refractivity contribution in [3.63, 3.8) is 0 Å². The second-order valence-corrected chi connectivity index (χ2v) is 23.4. The molecule has 7 aromatic carbocycles. The van der Waals surface area contributed by atoms with Gasteiger partial charge in [0, 0.05) is 39.1 Å². The van der Waals surface area contributed by atoms with Crippen LogP contribution in [-0.4, -0.2) is 6.71 Å². The van der Waals surface area contributed by atoms with E-state index in [1.807, 2.05) is 0 Å². The van der Waals surface area contributed by atoms with Crippen LogP contribution in [0.5, 0.6) is 0 Å². The molecule has 1 aromatic heterocycles. The van der Waals surface area contributed by atoms with E-state index in [-0.39, 0.29) is 28.4 Å². The van der Waals surface area contributed by atoms with Crippen molar-refractivity contribution in [2.45, 2.75) is 124 Å². The highest BCUT2D eigenvalue weighted by Crippen LogP contribution is 2.61. The molecule has 12 rings (SSSR count). The van der Waals surface area contributed by atoms with E-state index in [2.05, 4.69) is 219 Å². The Labute approximate surface area is 399 Å². The van der Waals surface area contributed by atoms with Gasteiger partial charge >= 0.3 is 0 Å². The first-order chi connectivity index (χ1) is 31.9. The van der Waals surface area contributed by atoms with E-state index in [0.29, 0.717) is 0 Å². The van der Waals surface area contributed by atoms with Crippen LogP contribution in [0.1, 0.15) is 127 Å². The van der Waals surface area contributed by atoms with Gasteiger partial charge < -0.3 is 14.2 Å². The molecule has 3 heterocycles. The highest BCUT2D eigenvalue weighted by Gasteiger charge is 2.50. The number of rotatable bonds is 3. The molecule has 0 unspecified atom stereocenters. The summed E-state index contributed by atoms with van der Waals surface area (Å²) in [7, 11) is 0. The van der Waals surface area contributed by atoms with Gasteiger partial charge in [0.15, 0.2) is 0 Å². The molecule has 334 valence electrons. The Kier molecular flexibility index (Phi) is 9.04. The van der Waals surface area contributed by atoms with E-state index in [9.17, 15) is 0 Å². The first kappa shape index (κ1) is 42.1. The Hall–Kier alpha value is -6.26. The third kappa shape index (κ3) is 6.17. The molecule has 0 N–H and O–H groups in total. The van der Waals surface area contributed by atoms with Gasteiger partial charge in [-0.1, -0.05) is 160 Å². The van der Waals surface area contributed by atoms with Crippen molar-refractivity contribution >= 4 is 68.4 Å². The molecule has 0 amide bonds. The average molecular weight is 875 g/mol. The third-order valence-electron chi connectivity index (χ3n) is 16.1. The summed E-state index contributed by atoms with van der Waals surface area (Å²) in [4.78, 5) is 5.25. The van der Waals surface area contributed by atoms with Gasteiger partial charge in [-0.05, 0) is 158 Å².